The lowest BCUT2D eigenvalue weighted by Gasteiger charge is -2.29. The first-order chi connectivity index (χ1) is 8.24. The number of alkyl halides is 1. The molecule has 1 fully saturated rings. The minimum Gasteiger partial charge on any atom is -0.213 e. The van der Waals surface area contributed by atoms with E-state index in [0.29, 0.717) is 5.41 Å². The van der Waals surface area contributed by atoms with Crippen LogP contribution in [0.5, 0.6) is 0 Å². The first-order valence-corrected chi connectivity index (χ1v) is 9.11. The molecule has 0 unspecified atom stereocenters. The predicted molar refractivity (Wildman–Crippen MR) is 79.3 cm³/mol. The van der Waals surface area contributed by atoms with Gasteiger partial charge in [0.1, 0.15) is 5.82 Å². The van der Waals surface area contributed by atoms with Crippen molar-refractivity contribution in [3.8, 4) is 0 Å². The SMILES string of the molecule is Cc1nsc(SCC2(CBr)CCCCCC2)n1. The minimum absolute atomic E-state index is 0.487. The quantitative estimate of drug-likeness (QED) is 0.454. The fraction of sp³-hybridized carbons (Fsp3) is 0.833. The Kier molecular flexibility index (Phi) is 5.30. The molecule has 0 bridgehead atoms. The van der Waals surface area contributed by atoms with E-state index in [1.54, 1.807) is 0 Å². The third-order valence-electron chi connectivity index (χ3n) is 3.46. The lowest BCUT2D eigenvalue weighted by Crippen LogP contribution is -2.25. The number of aromatic nitrogens is 2. The number of aryl methyl sites for hydroxylation is 1. The molecule has 0 saturated heterocycles. The van der Waals surface area contributed by atoms with Crippen molar-refractivity contribution in [2.75, 3.05) is 11.1 Å². The first-order valence-electron chi connectivity index (χ1n) is 6.23. The summed E-state index contributed by atoms with van der Waals surface area (Å²) in [6, 6.07) is 0. The molecule has 1 saturated carbocycles. The number of nitrogens with zero attached hydrogens (tertiary/aromatic N) is 2. The number of thioether (sulfide) groups is 1. The van der Waals surface area contributed by atoms with E-state index < -0.39 is 0 Å². The average Bonchev–Trinajstić information content (AvgIpc) is 2.63. The Morgan fingerprint density at radius 1 is 1.29 bits per heavy atom. The zero-order valence-electron chi connectivity index (χ0n) is 10.2. The molecular formula is C12H19BrN2S2. The molecule has 1 aromatic rings. The second-order valence-electron chi connectivity index (χ2n) is 4.94. The number of hydrogen-bond donors (Lipinski definition) is 0. The molecule has 0 amide bonds. The summed E-state index contributed by atoms with van der Waals surface area (Å²) in [6.07, 6.45) is 8.34. The molecule has 1 aromatic heterocycles. The highest BCUT2D eigenvalue weighted by Crippen LogP contribution is 2.41. The molecule has 17 heavy (non-hydrogen) atoms. The highest BCUT2D eigenvalue weighted by Gasteiger charge is 2.30. The Bertz CT molecular complexity index is 346. The molecule has 0 radical (unpaired) electrons. The topological polar surface area (TPSA) is 25.8 Å². The number of hydrogen-bond acceptors (Lipinski definition) is 4. The van der Waals surface area contributed by atoms with E-state index in [1.807, 2.05) is 18.7 Å². The second-order valence-corrected chi connectivity index (χ2v) is 7.48. The molecule has 5 heteroatoms. The molecule has 2 rings (SSSR count). The monoisotopic (exact) mass is 334 g/mol. The van der Waals surface area contributed by atoms with E-state index >= 15 is 0 Å². The summed E-state index contributed by atoms with van der Waals surface area (Å²) in [6.45, 7) is 1.96. The van der Waals surface area contributed by atoms with Gasteiger partial charge in [0.2, 0.25) is 0 Å². The van der Waals surface area contributed by atoms with Crippen molar-refractivity contribution in [3.05, 3.63) is 5.82 Å². The van der Waals surface area contributed by atoms with E-state index in [1.165, 1.54) is 55.8 Å². The van der Waals surface area contributed by atoms with Crippen LogP contribution in [-0.4, -0.2) is 20.4 Å². The van der Waals surface area contributed by atoms with Gasteiger partial charge in [-0.15, -0.1) is 0 Å². The average molecular weight is 335 g/mol. The molecule has 0 N–H and O–H groups in total. The van der Waals surface area contributed by atoms with Crippen LogP contribution in [-0.2, 0) is 0 Å². The molecule has 0 spiro atoms. The maximum atomic E-state index is 4.44. The van der Waals surface area contributed by atoms with E-state index in [4.69, 9.17) is 0 Å². The summed E-state index contributed by atoms with van der Waals surface area (Å²) in [4.78, 5) is 4.44. The Labute approximate surface area is 120 Å². The van der Waals surface area contributed by atoms with Crippen LogP contribution in [0.3, 0.4) is 0 Å². The summed E-state index contributed by atoms with van der Waals surface area (Å²) in [7, 11) is 0. The summed E-state index contributed by atoms with van der Waals surface area (Å²) in [5.41, 5.74) is 0.487. The van der Waals surface area contributed by atoms with Gasteiger partial charge in [-0.25, -0.2) is 4.98 Å². The fourth-order valence-corrected chi connectivity index (χ4v) is 5.31. The van der Waals surface area contributed by atoms with Gasteiger partial charge in [-0.2, -0.15) is 4.37 Å². The van der Waals surface area contributed by atoms with Gasteiger partial charge in [-0.05, 0) is 36.7 Å². The second kappa shape index (κ2) is 6.53. The molecule has 1 heterocycles. The standard InChI is InChI=1S/C12H19BrN2S2/c1-10-14-11(17-15-10)16-9-12(8-13)6-4-2-3-5-7-12/h2-9H2,1H3. The van der Waals surface area contributed by atoms with Crippen molar-refractivity contribution in [2.45, 2.75) is 49.8 Å². The molecule has 0 aliphatic heterocycles. The van der Waals surface area contributed by atoms with Gasteiger partial charge in [0.15, 0.2) is 4.34 Å². The van der Waals surface area contributed by atoms with Crippen LogP contribution in [0.15, 0.2) is 4.34 Å². The zero-order valence-corrected chi connectivity index (χ0v) is 13.5. The first kappa shape index (κ1) is 13.8. The molecule has 96 valence electrons. The van der Waals surface area contributed by atoms with Gasteiger partial charge in [-0.1, -0.05) is 53.4 Å². The van der Waals surface area contributed by atoms with Crippen LogP contribution in [0.4, 0.5) is 0 Å². The Balaban J connectivity index is 1.93. The van der Waals surface area contributed by atoms with Gasteiger partial charge < -0.3 is 0 Å². The van der Waals surface area contributed by atoms with Gasteiger partial charge in [0.25, 0.3) is 0 Å². The lowest BCUT2D eigenvalue weighted by molar-refractivity contribution is 0.334. The van der Waals surface area contributed by atoms with Crippen LogP contribution in [0, 0.1) is 12.3 Å². The largest absolute Gasteiger partial charge is 0.213 e. The minimum atomic E-state index is 0.487. The Hall–Kier alpha value is 0.390. The third kappa shape index (κ3) is 3.93. The van der Waals surface area contributed by atoms with Crippen molar-refractivity contribution in [2.24, 2.45) is 5.41 Å². The molecule has 0 aromatic carbocycles. The lowest BCUT2D eigenvalue weighted by atomic mass is 9.85. The van der Waals surface area contributed by atoms with E-state index in [-0.39, 0.29) is 0 Å². The number of halogens is 1. The predicted octanol–water partition coefficient (Wildman–Crippen LogP) is 4.67. The van der Waals surface area contributed by atoms with Crippen LogP contribution in [0.2, 0.25) is 0 Å². The molecule has 0 atom stereocenters. The zero-order chi connectivity index (χ0) is 12.1. The maximum absolute atomic E-state index is 4.44. The summed E-state index contributed by atoms with van der Waals surface area (Å²) >= 11 is 7.17. The van der Waals surface area contributed by atoms with Crippen LogP contribution < -0.4 is 0 Å². The van der Waals surface area contributed by atoms with Gasteiger partial charge in [-0.3, -0.25) is 0 Å². The summed E-state index contributed by atoms with van der Waals surface area (Å²) in [5, 5.41) is 1.13. The highest BCUT2D eigenvalue weighted by atomic mass is 79.9. The van der Waals surface area contributed by atoms with Crippen molar-refractivity contribution >= 4 is 39.2 Å². The smallest absolute Gasteiger partial charge is 0.170 e. The van der Waals surface area contributed by atoms with Gasteiger partial charge in [0.05, 0.1) is 0 Å². The van der Waals surface area contributed by atoms with E-state index in [0.717, 1.165) is 15.5 Å². The van der Waals surface area contributed by atoms with Crippen LogP contribution in [0.1, 0.15) is 44.3 Å². The Morgan fingerprint density at radius 3 is 2.53 bits per heavy atom. The fourth-order valence-electron chi connectivity index (χ4n) is 2.35. The van der Waals surface area contributed by atoms with Gasteiger partial charge >= 0.3 is 0 Å². The Morgan fingerprint density at radius 2 is 2.00 bits per heavy atom. The van der Waals surface area contributed by atoms with Crippen LogP contribution in [0.25, 0.3) is 0 Å². The van der Waals surface area contributed by atoms with Crippen molar-refractivity contribution in [1.29, 1.82) is 0 Å². The molecular weight excluding hydrogens is 316 g/mol. The van der Waals surface area contributed by atoms with Crippen molar-refractivity contribution in [1.82, 2.24) is 9.36 Å². The molecule has 1 aliphatic rings. The van der Waals surface area contributed by atoms with E-state index in [9.17, 15) is 0 Å². The van der Waals surface area contributed by atoms with Crippen molar-refractivity contribution < 1.29 is 0 Å². The van der Waals surface area contributed by atoms with E-state index in [2.05, 4.69) is 25.3 Å². The molecule has 2 nitrogen and oxygen atoms in total. The molecule has 1 aliphatic carbocycles. The summed E-state index contributed by atoms with van der Waals surface area (Å²) in [5.74, 6) is 2.10. The van der Waals surface area contributed by atoms with Crippen molar-refractivity contribution in [3.63, 3.8) is 0 Å². The number of rotatable bonds is 4. The summed E-state index contributed by atoms with van der Waals surface area (Å²) < 4.78 is 5.38. The maximum Gasteiger partial charge on any atom is 0.170 e. The third-order valence-corrected chi connectivity index (χ3v) is 6.92. The van der Waals surface area contributed by atoms with Gasteiger partial charge in [0, 0.05) is 11.1 Å². The van der Waals surface area contributed by atoms with Crippen LogP contribution >= 0.6 is 39.2 Å². The normalized spacial score (nSPS) is 20.1. The highest BCUT2D eigenvalue weighted by molar-refractivity contribution is 9.09.